The Kier molecular flexibility index (Phi) is 77.4. The largest absolute Gasteiger partial charge is 1.00 e. The van der Waals surface area contributed by atoms with E-state index >= 15 is 0 Å². The minimum Gasteiger partial charge on any atom is -0.480 e. The Morgan fingerprint density at radius 1 is 0.396 bits per heavy atom. The van der Waals surface area contributed by atoms with Crippen LogP contribution in [-0.2, 0) is 76.3 Å². The molecular weight excluding hydrogens is 1880 g/mol. The molecule has 5 aromatic rings. The Bertz CT molecular complexity index is 4310. The Balaban J connectivity index is -0.000000300. The van der Waals surface area contributed by atoms with E-state index in [0.717, 1.165) is 112 Å². The van der Waals surface area contributed by atoms with Crippen LogP contribution in [0, 0.1) is 6.07 Å². The van der Waals surface area contributed by atoms with Gasteiger partial charge in [-0.15, -0.1) is 24.8 Å². The molecule has 0 bridgehead atoms. The van der Waals surface area contributed by atoms with Crippen LogP contribution in [0.25, 0.3) is 0 Å². The van der Waals surface area contributed by atoms with Gasteiger partial charge in [0.15, 0.2) is 5.78 Å². The van der Waals surface area contributed by atoms with E-state index in [4.69, 9.17) is 43.1 Å². The van der Waals surface area contributed by atoms with Crippen molar-refractivity contribution in [1.82, 2.24) is 40.4 Å². The van der Waals surface area contributed by atoms with Crippen molar-refractivity contribution < 1.29 is 134 Å². The fourth-order valence-electron chi connectivity index (χ4n) is 14.9. The summed E-state index contributed by atoms with van der Waals surface area (Å²) in [5.41, 5.74) is 3.13. The molecule has 6 amide bonds. The van der Waals surface area contributed by atoms with Crippen LogP contribution in [0.5, 0.6) is 0 Å². The van der Waals surface area contributed by atoms with Crippen molar-refractivity contribution in [3.63, 3.8) is 0 Å². The number of likely N-dealkylation sites (tertiary alicyclic amines) is 5. The Labute approximate surface area is 887 Å². The molecule has 4 N–H and O–H groups in total. The molecule has 6 aliphatic heterocycles. The molecule has 35 heteroatoms. The number of hydrogen-bond acceptors (Lipinski definition) is 25. The summed E-state index contributed by atoms with van der Waals surface area (Å²) in [5.74, 6) is -2.86. The number of aliphatic hydroxyl groups excluding tert-OH is 1. The molecule has 6 fully saturated rings. The fourth-order valence-corrected chi connectivity index (χ4v) is 14.9. The summed E-state index contributed by atoms with van der Waals surface area (Å²) < 4.78 is 42.0. The van der Waals surface area contributed by atoms with Gasteiger partial charge in [0.1, 0.15) is 52.3 Å². The maximum absolute atomic E-state index is 12.6. The molecule has 0 aromatic heterocycles. The number of hydrogen-bond donors (Lipinski definition) is 4. The smallest absolute Gasteiger partial charge is 0.480 e. The number of halogens is 2. The number of rotatable bonds is 14. The van der Waals surface area contributed by atoms with Crippen LogP contribution in [0.15, 0.2) is 152 Å². The summed E-state index contributed by atoms with van der Waals surface area (Å²) in [5, 5.41) is 24.2. The summed E-state index contributed by atoms with van der Waals surface area (Å²) >= 11 is 0. The first-order chi connectivity index (χ1) is 63.4. The standard InChI is InChI=1S/C19H27NO4.C17H25NO3.C17H23NO3.C14H19NO2.C13H24N2O4.C11H19NO4.C6H5.C4H6O3.C2H7NO.6CH4.2ClH.Li/c1-14(21)23-17(15-10-6-5-7-11-15)16-12-8-9-13-20(16)18(22)24-19(2,3)4;2*1-17(2,3)21-16(20)18-12-8-7-11-14(18)15(19)13-9-5-4-6-10-13;1-11(16)17-14(12-7-3-2-4-8-12)13-9-5-6-10-15-13;1-13(2,3)19-12(17)15-9-7-6-8-10(15)11(16)14(4)18-5;1-11(2,3)16-10(15)12-7-5-4-6-8(12)9(13)14;1-2-4-6-5-3-1;1-3(5)7-4(2)6;1-3-4-2;;;;;;;;;/h5-7,10-11,16-17H,8-9,12-13H2,1-4H3;4-6,9-10,14-15,19H,7-8,11-12H2,1-3H3;4-6,9-10,14H,7-8,11-12H2,1-3H3;2-4,7-8,13-15H,5-6,9-10H2,1H3;10H,6-9H2,1-5H3;8H,4-7H2,1-3H3,(H,13,14);1-5H;1-2H3;3H,1-2H3;6*1H4;2*1H;/q;;;;;;-1;;;;;;;;;;;+1/t16-,17-;14-,15-;14-;13-,14-;10-;8-;;;;;;;;;;;;/m000000............/s1. The van der Waals surface area contributed by atoms with Gasteiger partial charge in [-0.1, -0.05) is 172 Å². The Hall–Kier alpha value is -9.88. The van der Waals surface area contributed by atoms with E-state index in [9.17, 15) is 62.6 Å². The van der Waals surface area contributed by atoms with E-state index in [1.165, 1.54) is 57.4 Å². The number of ether oxygens (including phenoxy) is 8. The van der Waals surface area contributed by atoms with Crippen LogP contribution >= 0.6 is 24.8 Å². The maximum atomic E-state index is 12.6. The summed E-state index contributed by atoms with van der Waals surface area (Å²) in [4.78, 5) is 156. The van der Waals surface area contributed by atoms with Crippen molar-refractivity contribution in [2.45, 2.75) is 374 Å². The summed E-state index contributed by atoms with van der Waals surface area (Å²) in [6.45, 7) is 36.5. The number of carboxylic acid groups (broad SMARTS) is 1. The third-order valence-corrected chi connectivity index (χ3v) is 20.8. The van der Waals surface area contributed by atoms with Crippen LogP contribution in [0.4, 0.5) is 24.0 Å². The Morgan fingerprint density at radius 2 is 0.694 bits per heavy atom. The topological polar surface area (TPSA) is 381 Å². The molecule has 0 radical (unpaired) electrons. The van der Waals surface area contributed by atoms with Crippen molar-refractivity contribution in [3.8, 4) is 0 Å². The summed E-state index contributed by atoms with van der Waals surface area (Å²) in [6, 6.07) is 48.9. The number of amides is 6. The first-order valence-corrected chi connectivity index (χ1v) is 46.8. The third-order valence-electron chi connectivity index (χ3n) is 20.8. The van der Waals surface area contributed by atoms with Gasteiger partial charge in [-0.25, -0.2) is 39.3 Å². The number of piperidine rings is 6. The quantitative estimate of drug-likeness (QED) is 0.0153. The minimum absolute atomic E-state index is 0. The number of carbonyl (C=O) groups is 12. The number of aliphatic hydroxyl groups is 1. The van der Waals surface area contributed by atoms with Gasteiger partial charge in [-0.2, -0.15) is 36.4 Å². The Morgan fingerprint density at radius 3 is 1.01 bits per heavy atom. The molecule has 6 aliphatic rings. The number of aliphatic carboxylic acids is 1. The van der Waals surface area contributed by atoms with Gasteiger partial charge in [0.2, 0.25) is 0 Å². The molecule has 0 aliphatic carbocycles. The summed E-state index contributed by atoms with van der Waals surface area (Å²) in [7, 11) is 6.25. The molecule has 32 nitrogen and oxygen atoms in total. The zero-order valence-electron chi connectivity index (χ0n) is 86.0. The maximum Gasteiger partial charge on any atom is 1.00 e. The molecule has 11 rings (SSSR count). The summed E-state index contributed by atoms with van der Waals surface area (Å²) in [6.07, 6.45) is 12.8. The minimum atomic E-state index is -0.953. The molecule has 6 saturated heterocycles. The molecule has 0 unspecified atom stereocenters. The van der Waals surface area contributed by atoms with Crippen molar-refractivity contribution in [2.75, 3.05) is 67.6 Å². The van der Waals surface area contributed by atoms with Gasteiger partial charge in [0.25, 0.3) is 5.91 Å². The van der Waals surface area contributed by atoms with Crippen LogP contribution in [0.3, 0.4) is 0 Å². The monoisotopic (exact) mass is 2060 g/mol. The van der Waals surface area contributed by atoms with E-state index in [0.29, 0.717) is 57.5 Å². The molecule has 0 saturated carbocycles. The van der Waals surface area contributed by atoms with Gasteiger partial charge in [0.05, 0.1) is 38.4 Å². The first kappa shape index (κ1) is 147. The SMILES string of the molecule is C.C.C.C.C.C.CC(=O)OC(C)=O.CC(=O)O[C@@H](c1ccccc1)[C@@H]1CCCCN1.CC(=O)O[C@@H](c1ccccc1)[C@@H]1CCCCN1C(=O)OC(C)(C)C.CC(C)(C)OC(=O)N1CCCC[C@H]1C(=O)O.CC(C)(C)OC(=O)N1CCCC[C@H]1C(=O)c1ccccc1.CC(C)(C)OC(=O)N1CCCC[C@H]1[C@@H](O)c1ccccc1.CNOC.CON(C)C(=O)[C@@H]1CCCCN1C(=O)OC(C)(C)C.Cl.Cl.[Li+].[c-]1ccccc1. The van der Waals surface area contributed by atoms with Gasteiger partial charge >= 0.3 is 79.2 Å². The normalized spacial score (nSPS) is 17.7. The number of esters is 4. The number of ketones is 1. The van der Waals surface area contributed by atoms with Crippen molar-refractivity contribution in [3.05, 3.63) is 180 Å². The predicted octanol–water partition coefficient (Wildman–Crippen LogP) is 20.4. The molecule has 0 spiro atoms. The van der Waals surface area contributed by atoms with Gasteiger partial charge < -0.3 is 68.1 Å². The number of Topliss-reactive ketones (excluding diaryl/α,β-unsaturated/α-hetero) is 1. The zero-order valence-corrected chi connectivity index (χ0v) is 87.6. The molecule has 816 valence electrons. The first-order valence-electron chi connectivity index (χ1n) is 46.8. The van der Waals surface area contributed by atoms with Gasteiger partial charge in [-0.3, -0.25) is 48.3 Å². The van der Waals surface area contributed by atoms with Gasteiger partial charge in [-0.05, 0) is 236 Å². The van der Waals surface area contributed by atoms with Crippen LogP contribution in [0.1, 0.15) is 337 Å². The molecule has 6 heterocycles. The van der Waals surface area contributed by atoms with E-state index < -0.39 is 94.5 Å². The second kappa shape index (κ2) is 75.8. The average molecular weight is 2070 g/mol. The van der Waals surface area contributed by atoms with Crippen molar-refractivity contribution in [1.29, 1.82) is 0 Å². The second-order valence-corrected chi connectivity index (χ2v) is 38.0. The van der Waals surface area contributed by atoms with Crippen LogP contribution < -0.4 is 29.7 Å². The number of nitrogens with zero attached hydrogens (tertiary/aromatic N) is 6. The van der Waals surface area contributed by atoms with Crippen molar-refractivity contribution >= 4 is 96.8 Å². The number of carboxylic acids is 1. The third kappa shape index (κ3) is 59.7. The number of likely N-dealkylation sites (N-methyl/N-ethyl adjacent to an activating group) is 1. The second-order valence-electron chi connectivity index (χ2n) is 38.0. The van der Waals surface area contributed by atoms with E-state index in [2.05, 4.69) is 26.4 Å². The fraction of sp³-hybridized carbons (Fsp3) is 0.615. The predicted molar refractivity (Wildman–Crippen MR) is 569 cm³/mol. The molecule has 5 aromatic carbocycles. The number of benzene rings is 5. The van der Waals surface area contributed by atoms with Gasteiger partial charge in [0, 0.05) is 86.1 Å². The van der Waals surface area contributed by atoms with E-state index in [1.54, 1.807) is 68.8 Å². The van der Waals surface area contributed by atoms with E-state index in [-0.39, 0.29) is 148 Å². The molecular formula is C109H181Cl2LiN8O24. The number of carbonyl (C=O) groups excluding carboxylic acids is 11. The zero-order chi connectivity index (χ0) is 101. The number of hydroxylamine groups is 3. The van der Waals surface area contributed by atoms with E-state index in [1.807, 2.05) is 223 Å². The average Bonchev–Trinajstić information content (AvgIpc) is 0.792. The van der Waals surface area contributed by atoms with Crippen molar-refractivity contribution in [2.24, 2.45) is 0 Å². The number of nitrogens with one attached hydrogen (secondary N) is 2. The molecule has 144 heavy (non-hydrogen) atoms. The van der Waals surface area contributed by atoms with Crippen LogP contribution in [-0.4, -0.2) is 244 Å². The van der Waals surface area contributed by atoms with Crippen LogP contribution in [0.2, 0.25) is 0 Å². The molecule has 9 atom stereocenters.